The maximum absolute atomic E-state index is 13.8. The average Bonchev–Trinajstić information content (AvgIpc) is 1.84. The fourth-order valence-corrected chi connectivity index (χ4v) is 12.1. The molecule has 0 amide bonds. The van der Waals surface area contributed by atoms with Crippen LogP contribution in [0, 0.1) is 0 Å². The van der Waals surface area contributed by atoms with Crippen molar-refractivity contribution in [3.63, 3.8) is 0 Å². The Labute approximate surface area is 510 Å². The molecular weight excluding hydrogens is 1090 g/mol. The molecule has 0 radical (unpaired) electrons. The number of fused-ring (bicyclic) bond motifs is 16. The first kappa shape index (κ1) is 62.3. The van der Waals surface area contributed by atoms with E-state index in [2.05, 4.69) is 0 Å². The fraction of sp³-hybridized carbons (Fsp3) is 0.211. The second-order valence-corrected chi connectivity index (χ2v) is 18.8. The lowest BCUT2D eigenvalue weighted by molar-refractivity contribution is 1.17. The van der Waals surface area contributed by atoms with Crippen LogP contribution in [0.4, 0.5) is 0 Å². The Morgan fingerprint density at radius 1 is 0.227 bits per heavy atom. The number of nitrogens with zero attached hydrogens (tertiary/aromatic N) is 8. The summed E-state index contributed by atoms with van der Waals surface area (Å²) in [5.74, 6) is 0. The molecule has 8 heterocycles. The van der Waals surface area contributed by atoms with E-state index in [1.165, 1.54) is 0 Å². The molecule has 0 fully saturated rings. The highest BCUT2D eigenvalue weighted by atomic mass is 16.1. The zero-order valence-electron chi connectivity index (χ0n) is 53.4. The summed E-state index contributed by atoms with van der Waals surface area (Å²) in [4.78, 5) is 74.6. The van der Waals surface area contributed by atoms with Crippen molar-refractivity contribution in [3.8, 4) is 0 Å². The van der Waals surface area contributed by atoms with Gasteiger partial charge >= 0.3 is 0 Å². The van der Waals surface area contributed by atoms with Crippen LogP contribution in [0.3, 0.4) is 0 Å². The predicted molar refractivity (Wildman–Crippen MR) is 379 cm³/mol. The second kappa shape index (κ2) is 26.2. The van der Waals surface area contributed by atoms with Crippen molar-refractivity contribution in [2.24, 2.45) is 0 Å². The van der Waals surface area contributed by atoms with Crippen LogP contribution in [0.5, 0.6) is 0 Å². The number of benzene rings is 10. The molecule has 444 valence electrons. The van der Waals surface area contributed by atoms with Crippen LogP contribution < -0.4 is 22.2 Å². The van der Waals surface area contributed by atoms with Crippen molar-refractivity contribution in [1.82, 2.24) is 37.5 Å². The maximum atomic E-state index is 13.8. The van der Waals surface area contributed by atoms with E-state index in [0.29, 0.717) is 54.9 Å². The number of hydrogen-bond acceptors (Lipinski definition) is 8. The van der Waals surface area contributed by atoms with Gasteiger partial charge in [-0.05, 0) is 94.3 Å². The molecule has 0 aliphatic rings. The molecule has 0 spiro atoms. The molecule has 0 unspecified atom stereocenters. The highest BCUT2D eigenvalue weighted by Crippen LogP contribution is 2.36. The van der Waals surface area contributed by atoms with Crippen molar-refractivity contribution < 1.29 is 0 Å². The van der Waals surface area contributed by atoms with Gasteiger partial charge in [-0.1, -0.05) is 208 Å². The Morgan fingerprint density at radius 3 is 0.602 bits per heavy atom. The van der Waals surface area contributed by atoms with E-state index >= 15 is 0 Å². The lowest BCUT2D eigenvalue weighted by Crippen LogP contribution is -2.10. The van der Waals surface area contributed by atoms with Crippen LogP contribution in [0.25, 0.3) is 153 Å². The summed E-state index contributed by atoms with van der Waals surface area (Å²) >= 11 is 0. The first-order chi connectivity index (χ1) is 43.4. The van der Waals surface area contributed by atoms with Gasteiger partial charge in [0.25, 0.3) is 22.2 Å². The molecule has 0 saturated carbocycles. The van der Waals surface area contributed by atoms with Crippen molar-refractivity contribution in [1.29, 1.82) is 0 Å². The van der Waals surface area contributed by atoms with Crippen molar-refractivity contribution >= 4 is 153 Å². The van der Waals surface area contributed by atoms with Crippen LogP contribution in [0.1, 0.15) is 111 Å². The summed E-state index contributed by atoms with van der Waals surface area (Å²) in [5, 5.41) is 12.8. The molecular formula is C76H76N8O4. The molecule has 18 rings (SSSR count). The third-order valence-corrected chi connectivity index (χ3v) is 15.2. The SMILES string of the molecule is CC.CC.CC.CC.CC.CC.CC.CC.O=c1c2cc3c(=O)n4c5cccc6cccc(nc4c3cc2c2nc3cccc4cccc(c43)n12)c65.O=c1c2cc3c(cc2c2nc4cccc5cccc(c54)n12)c(=O)n1c2cccc4cccc(nc31)c42. The minimum absolute atomic E-state index is 0.140. The normalized spacial score (nSPS) is 10.9. The third-order valence-electron chi connectivity index (χ3n) is 15.2. The summed E-state index contributed by atoms with van der Waals surface area (Å²) in [6, 6.07) is 54.9. The first-order valence-corrected chi connectivity index (χ1v) is 31.6. The van der Waals surface area contributed by atoms with Crippen LogP contribution in [-0.4, -0.2) is 37.5 Å². The predicted octanol–water partition coefficient (Wildman–Crippen LogP) is 19.2. The van der Waals surface area contributed by atoms with Gasteiger partial charge in [0.05, 0.1) is 65.7 Å². The van der Waals surface area contributed by atoms with Gasteiger partial charge in [0.15, 0.2) is 0 Å². The molecule has 12 nitrogen and oxygen atoms in total. The molecule has 0 aliphatic heterocycles. The van der Waals surface area contributed by atoms with Gasteiger partial charge < -0.3 is 0 Å². The van der Waals surface area contributed by atoms with Crippen LogP contribution >= 0.6 is 0 Å². The Kier molecular flexibility index (Phi) is 18.6. The van der Waals surface area contributed by atoms with Crippen LogP contribution in [-0.2, 0) is 0 Å². The van der Waals surface area contributed by atoms with Gasteiger partial charge in [0.2, 0.25) is 0 Å². The molecule has 8 aromatic heterocycles. The second-order valence-electron chi connectivity index (χ2n) is 18.8. The number of hydrogen-bond donors (Lipinski definition) is 0. The lowest BCUT2D eigenvalue weighted by Gasteiger charge is -2.07. The number of rotatable bonds is 0. The molecule has 0 atom stereocenters. The van der Waals surface area contributed by atoms with Crippen LogP contribution in [0.15, 0.2) is 189 Å². The van der Waals surface area contributed by atoms with E-state index in [-0.39, 0.29) is 22.2 Å². The smallest absolute Gasteiger partial charge is 0.264 e. The summed E-state index contributed by atoms with van der Waals surface area (Å²) in [7, 11) is 0. The summed E-state index contributed by atoms with van der Waals surface area (Å²) < 4.78 is 6.71. The molecule has 0 saturated heterocycles. The van der Waals surface area contributed by atoms with E-state index < -0.39 is 0 Å². The molecule has 88 heavy (non-hydrogen) atoms. The average molecular weight is 1170 g/mol. The zero-order valence-corrected chi connectivity index (χ0v) is 53.4. The van der Waals surface area contributed by atoms with Gasteiger partial charge in [-0.2, -0.15) is 0 Å². The van der Waals surface area contributed by atoms with Crippen molar-refractivity contribution in [2.45, 2.75) is 111 Å². The highest BCUT2D eigenvalue weighted by molar-refractivity contribution is 6.18. The van der Waals surface area contributed by atoms with Gasteiger partial charge in [0, 0.05) is 43.1 Å². The minimum atomic E-state index is -0.168. The van der Waals surface area contributed by atoms with Gasteiger partial charge in [-0.15, -0.1) is 0 Å². The molecule has 18 aromatic rings. The largest absolute Gasteiger partial charge is 0.268 e. The number of aromatic nitrogens is 8. The van der Waals surface area contributed by atoms with Gasteiger partial charge in [0.1, 0.15) is 22.6 Å². The minimum Gasteiger partial charge on any atom is -0.268 e. The topological polar surface area (TPSA) is 137 Å². The quantitative estimate of drug-likeness (QED) is 0.146. The monoisotopic (exact) mass is 1160 g/mol. The first-order valence-electron chi connectivity index (χ1n) is 31.6. The van der Waals surface area contributed by atoms with E-state index in [1.807, 2.05) is 275 Å². The van der Waals surface area contributed by atoms with Crippen molar-refractivity contribution in [2.75, 3.05) is 0 Å². The Hall–Kier alpha value is -10.2. The Morgan fingerprint density at radius 2 is 0.398 bits per heavy atom. The molecule has 0 bridgehead atoms. The lowest BCUT2D eigenvalue weighted by atomic mass is 10.1. The van der Waals surface area contributed by atoms with E-state index in [9.17, 15) is 19.2 Å². The molecule has 0 N–H and O–H groups in total. The van der Waals surface area contributed by atoms with Crippen LogP contribution in [0.2, 0.25) is 0 Å². The van der Waals surface area contributed by atoms with E-state index in [1.54, 1.807) is 23.7 Å². The zero-order chi connectivity index (χ0) is 63.4. The van der Waals surface area contributed by atoms with E-state index in [0.717, 1.165) is 98.0 Å². The molecule has 0 aliphatic carbocycles. The van der Waals surface area contributed by atoms with Gasteiger partial charge in [-0.3, -0.25) is 36.8 Å². The van der Waals surface area contributed by atoms with E-state index in [4.69, 9.17) is 19.9 Å². The Balaban J connectivity index is 0.000000171. The fourth-order valence-electron chi connectivity index (χ4n) is 12.1. The van der Waals surface area contributed by atoms with Gasteiger partial charge in [-0.25, -0.2) is 19.9 Å². The standard InChI is InChI=1S/2C30H14N4O2.8C2H6/c35-29-19-14-18-20(30(36)34-24-12-4-8-16-6-2-10-22(26(16)24)32-28(18)34)13-17(19)27-31-21-9-1-5-15-7-3-11-23(25(15)21)33(27)29;35-29-19-14-20-18(28-32-22-10-2-6-16-8-4-12-24(26(16)22)34(28)30(20)36)13-17(19)27-31-21-9-1-5-15-7-3-11-23(25(15)21)33(27)29;8*1-2/h2*1-14H;8*1-2H3. The summed E-state index contributed by atoms with van der Waals surface area (Å²) in [6.45, 7) is 32.0. The maximum Gasteiger partial charge on any atom is 0.264 e. The summed E-state index contributed by atoms with van der Waals surface area (Å²) in [5.41, 5.74) is 8.29. The Bertz CT molecular complexity index is 5290. The van der Waals surface area contributed by atoms with Crippen molar-refractivity contribution in [3.05, 3.63) is 211 Å². The molecule has 10 aromatic carbocycles. The third kappa shape index (κ3) is 9.28. The molecule has 12 heteroatoms. The highest BCUT2D eigenvalue weighted by Gasteiger charge is 2.24. The summed E-state index contributed by atoms with van der Waals surface area (Å²) in [6.07, 6.45) is 0.